The summed E-state index contributed by atoms with van der Waals surface area (Å²) in [5, 5.41) is 0. The molecule has 0 amide bonds. The Balaban J connectivity index is 1.89. The molecule has 1 aromatic rings. The van der Waals surface area contributed by atoms with Crippen molar-refractivity contribution in [2.75, 3.05) is 13.4 Å². The summed E-state index contributed by atoms with van der Waals surface area (Å²) >= 11 is 0. The van der Waals surface area contributed by atoms with Crippen LogP contribution in [0.4, 0.5) is 0 Å². The lowest BCUT2D eigenvalue weighted by molar-refractivity contribution is 0.00923. The average Bonchev–Trinajstić information content (AvgIpc) is 3.10. The van der Waals surface area contributed by atoms with Gasteiger partial charge in [0.05, 0.1) is 6.61 Å². The second kappa shape index (κ2) is 5.52. The smallest absolute Gasteiger partial charge is 0.189 e. The van der Waals surface area contributed by atoms with Crippen molar-refractivity contribution in [3.8, 4) is 5.75 Å². The number of aryl methyl sites for hydroxylation is 2. The summed E-state index contributed by atoms with van der Waals surface area (Å²) in [7, 11) is 0. The number of ether oxygens (including phenoxy) is 2. The summed E-state index contributed by atoms with van der Waals surface area (Å²) < 4.78 is 11.2. The molecule has 17 heavy (non-hydrogen) atoms. The molecule has 94 valence electrons. The fourth-order valence-corrected chi connectivity index (χ4v) is 1.99. The zero-order valence-corrected chi connectivity index (χ0v) is 10.7. The van der Waals surface area contributed by atoms with Crippen molar-refractivity contribution in [2.45, 2.75) is 33.2 Å². The van der Waals surface area contributed by atoms with Gasteiger partial charge in [0, 0.05) is 6.54 Å². The molecule has 2 rings (SSSR count). The van der Waals surface area contributed by atoms with Gasteiger partial charge in [0.25, 0.3) is 0 Å². The van der Waals surface area contributed by atoms with E-state index in [2.05, 4.69) is 12.1 Å². The van der Waals surface area contributed by atoms with Gasteiger partial charge < -0.3 is 15.2 Å². The first-order valence-electron chi connectivity index (χ1n) is 6.21. The van der Waals surface area contributed by atoms with Crippen molar-refractivity contribution in [1.82, 2.24) is 0 Å². The number of hydrogen-bond acceptors (Lipinski definition) is 3. The Morgan fingerprint density at radius 2 is 1.88 bits per heavy atom. The van der Waals surface area contributed by atoms with Crippen molar-refractivity contribution in [1.29, 1.82) is 0 Å². The summed E-state index contributed by atoms with van der Waals surface area (Å²) in [6.45, 7) is 5.84. The third-order valence-corrected chi connectivity index (χ3v) is 3.09. The molecule has 0 aromatic heterocycles. The van der Waals surface area contributed by atoms with E-state index in [1.165, 1.54) is 12.8 Å². The fraction of sp³-hybridized carbons (Fsp3) is 0.571. The number of benzene rings is 1. The predicted molar refractivity (Wildman–Crippen MR) is 68.0 cm³/mol. The van der Waals surface area contributed by atoms with E-state index in [1.807, 2.05) is 13.8 Å². The molecule has 0 atom stereocenters. The standard InChI is InChI=1S/C14H21NO2/c1-10-5-13(7-15)6-11(2)14(10)17-9-16-8-12-3-4-12/h5-6,12H,3-4,7-9,15H2,1-2H3. The average molecular weight is 235 g/mol. The van der Waals surface area contributed by atoms with Crippen LogP contribution >= 0.6 is 0 Å². The third kappa shape index (κ3) is 3.45. The van der Waals surface area contributed by atoms with Gasteiger partial charge in [-0.2, -0.15) is 0 Å². The second-order valence-corrected chi connectivity index (χ2v) is 4.84. The molecule has 0 radical (unpaired) electrons. The van der Waals surface area contributed by atoms with Gasteiger partial charge in [-0.3, -0.25) is 0 Å². The Morgan fingerprint density at radius 3 is 2.41 bits per heavy atom. The van der Waals surface area contributed by atoms with Crippen LogP contribution in [0.15, 0.2) is 12.1 Å². The first-order valence-corrected chi connectivity index (χ1v) is 6.21. The minimum Gasteiger partial charge on any atom is -0.467 e. The van der Waals surface area contributed by atoms with Crippen LogP contribution in [-0.2, 0) is 11.3 Å². The second-order valence-electron chi connectivity index (χ2n) is 4.84. The third-order valence-electron chi connectivity index (χ3n) is 3.09. The lowest BCUT2D eigenvalue weighted by atomic mass is 10.1. The van der Waals surface area contributed by atoms with E-state index < -0.39 is 0 Å². The molecule has 1 saturated carbocycles. The number of hydrogen-bond donors (Lipinski definition) is 1. The largest absolute Gasteiger partial charge is 0.467 e. The summed E-state index contributed by atoms with van der Waals surface area (Å²) in [5.41, 5.74) is 9.03. The fourth-order valence-electron chi connectivity index (χ4n) is 1.99. The minimum absolute atomic E-state index is 0.347. The highest BCUT2D eigenvalue weighted by atomic mass is 16.7. The zero-order chi connectivity index (χ0) is 12.3. The molecule has 3 nitrogen and oxygen atoms in total. The first-order chi connectivity index (χ1) is 8.20. The van der Waals surface area contributed by atoms with Gasteiger partial charge in [-0.05, 0) is 49.3 Å². The van der Waals surface area contributed by atoms with Crippen molar-refractivity contribution >= 4 is 0 Å². The van der Waals surface area contributed by atoms with Crippen LogP contribution in [0.25, 0.3) is 0 Å². The van der Waals surface area contributed by atoms with Gasteiger partial charge in [-0.15, -0.1) is 0 Å². The molecule has 1 aliphatic carbocycles. The van der Waals surface area contributed by atoms with E-state index in [1.54, 1.807) is 0 Å². The molecule has 0 saturated heterocycles. The molecule has 0 spiro atoms. The highest BCUT2D eigenvalue weighted by Crippen LogP contribution is 2.29. The molecular weight excluding hydrogens is 214 g/mol. The highest BCUT2D eigenvalue weighted by Gasteiger charge is 2.21. The number of nitrogens with two attached hydrogens (primary N) is 1. The lowest BCUT2D eigenvalue weighted by Gasteiger charge is -2.13. The Bertz CT molecular complexity index is 363. The Morgan fingerprint density at radius 1 is 1.24 bits per heavy atom. The monoisotopic (exact) mass is 235 g/mol. The maximum atomic E-state index is 5.68. The van der Waals surface area contributed by atoms with E-state index in [0.717, 1.165) is 35.0 Å². The van der Waals surface area contributed by atoms with Crippen LogP contribution in [-0.4, -0.2) is 13.4 Å². The molecule has 3 heteroatoms. The van der Waals surface area contributed by atoms with Gasteiger partial charge in [0.15, 0.2) is 6.79 Å². The quantitative estimate of drug-likeness (QED) is 0.608. The molecule has 1 aliphatic rings. The van der Waals surface area contributed by atoms with Gasteiger partial charge in [-0.25, -0.2) is 0 Å². The highest BCUT2D eigenvalue weighted by molar-refractivity contribution is 5.43. The normalized spacial score (nSPS) is 15.0. The van der Waals surface area contributed by atoms with Crippen LogP contribution in [0.1, 0.15) is 29.5 Å². The van der Waals surface area contributed by atoms with Crippen LogP contribution in [0.2, 0.25) is 0 Å². The zero-order valence-electron chi connectivity index (χ0n) is 10.7. The van der Waals surface area contributed by atoms with Crippen molar-refractivity contribution < 1.29 is 9.47 Å². The van der Waals surface area contributed by atoms with Gasteiger partial charge in [0.1, 0.15) is 5.75 Å². The van der Waals surface area contributed by atoms with E-state index >= 15 is 0 Å². The van der Waals surface area contributed by atoms with Crippen LogP contribution < -0.4 is 10.5 Å². The van der Waals surface area contributed by atoms with Crippen molar-refractivity contribution in [3.05, 3.63) is 28.8 Å². The van der Waals surface area contributed by atoms with Gasteiger partial charge in [-0.1, -0.05) is 12.1 Å². The maximum absolute atomic E-state index is 5.68. The van der Waals surface area contributed by atoms with Crippen LogP contribution in [0.5, 0.6) is 5.75 Å². The molecule has 0 aliphatic heterocycles. The van der Waals surface area contributed by atoms with E-state index in [0.29, 0.717) is 13.3 Å². The Hall–Kier alpha value is -1.06. The molecule has 0 unspecified atom stereocenters. The maximum Gasteiger partial charge on any atom is 0.189 e. The van der Waals surface area contributed by atoms with E-state index in [9.17, 15) is 0 Å². The van der Waals surface area contributed by atoms with Crippen molar-refractivity contribution in [3.63, 3.8) is 0 Å². The summed E-state index contributed by atoms with van der Waals surface area (Å²) in [6.07, 6.45) is 2.62. The topological polar surface area (TPSA) is 44.5 Å². The van der Waals surface area contributed by atoms with E-state index in [4.69, 9.17) is 15.2 Å². The van der Waals surface area contributed by atoms with Gasteiger partial charge >= 0.3 is 0 Å². The molecular formula is C14H21NO2. The number of rotatable bonds is 6. The lowest BCUT2D eigenvalue weighted by Crippen LogP contribution is -2.07. The summed E-state index contributed by atoms with van der Waals surface area (Å²) in [4.78, 5) is 0. The Labute approximate surface area is 103 Å². The van der Waals surface area contributed by atoms with Crippen molar-refractivity contribution in [2.24, 2.45) is 11.7 Å². The molecule has 1 fully saturated rings. The molecule has 0 heterocycles. The van der Waals surface area contributed by atoms with Crippen LogP contribution in [0.3, 0.4) is 0 Å². The summed E-state index contributed by atoms with van der Waals surface area (Å²) in [5.74, 6) is 1.71. The SMILES string of the molecule is Cc1cc(CN)cc(C)c1OCOCC1CC1. The molecule has 0 bridgehead atoms. The molecule has 1 aromatic carbocycles. The molecule has 2 N–H and O–H groups in total. The minimum atomic E-state index is 0.347. The van der Waals surface area contributed by atoms with Gasteiger partial charge in [0.2, 0.25) is 0 Å². The predicted octanol–water partition coefficient (Wildman–Crippen LogP) is 2.53. The Kier molecular flexibility index (Phi) is 4.02. The van der Waals surface area contributed by atoms with E-state index in [-0.39, 0.29) is 0 Å². The first kappa shape index (κ1) is 12.4. The van der Waals surface area contributed by atoms with Crippen LogP contribution in [0, 0.1) is 19.8 Å². The summed E-state index contributed by atoms with van der Waals surface area (Å²) in [6, 6.07) is 4.15.